The first kappa shape index (κ1) is 27.2. The van der Waals surface area contributed by atoms with Gasteiger partial charge >= 0.3 is 0 Å². The summed E-state index contributed by atoms with van der Waals surface area (Å²) in [5, 5.41) is 15.1. The zero-order valence-corrected chi connectivity index (χ0v) is 21.9. The van der Waals surface area contributed by atoms with Gasteiger partial charge < -0.3 is 21.1 Å². The zero-order valence-electron chi connectivity index (χ0n) is 21.1. The Morgan fingerprint density at radius 2 is 1.74 bits per heavy atom. The molecule has 1 aliphatic heterocycles. The Hall–Kier alpha value is -2.41. The van der Waals surface area contributed by atoms with Crippen LogP contribution in [0.2, 0.25) is 5.02 Å². The van der Waals surface area contributed by atoms with Crippen LogP contribution in [-0.4, -0.2) is 47.0 Å². The number of halogens is 1. The van der Waals surface area contributed by atoms with Gasteiger partial charge in [0.2, 0.25) is 11.8 Å². The van der Waals surface area contributed by atoms with Crippen LogP contribution in [0.3, 0.4) is 0 Å². The molecule has 1 saturated heterocycles. The first-order chi connectivity index (χ1) is 16.4. The second-order valence-corrected chi connectivity index (χ2v) is 11.1. The lowest BCUT2D eigenvalue weighted by Crippen LogP contribution is -2.61. The van der Waals surface area contributed by atoms with Crippen molar-refractivity contribution in [1.29, 1.82) is 0 Å². The molecule has 1 fully saturated rings. The van der Waals surface area contributed by atoms with Gasteiger partial charge in [-0.25, -0.2) is 0 Å². The van der Waals surface area contributed by atoms with E-state index in [2.05, 4.69) is 5.32 Å². The molecule has 2 amide bonds. The summed E-state index contributed by atoms with van der Waals surface area (Å²) in [7, 11) is 0. The molecule has 190 valence electrons. The number of likely N-dealkylation sites (tertiary alicyclic amines) is 1. The van der Waals surface area contributed by atoms with E-state index in [1.54, 1.807) is 17.0 Å². The van der Waals surface area contributed by atoms with Crippen molar-refractivity contribution < 1.29 is 14.7 Å². The number of aryl methyl sites for hydroxylation is 1. The van der Waals surface area contributed by atoms with E-state index in [0.717, 1.165) is 11.1 Å². The first-order valence-electron chi connectivity index (χ1n) is 12.3. The minimum absolute atomic E-state index is 0.104. The molecule has 0 radical (unpaired) electrons. The third-order valence-electron chi connectivity index (χ3n) is 7.24. The molecular weight excluding hydrogens is 462 g/mol. The van der Waals surface area contributed by atoms with Crippen molar-refractivity contribution >= 4 is 23.4 Å². The maximum Gasteiger partial charge on any atom is 0.245 e. The van der Waals surface area contributed by atoms with E-state index in [1.165, 1.54) is 0 Å². The summed E-state index contributed by atoms with van der Waals surface area (Å²) in [5.41, 5.74) is 6.38. The van der Waals surface area contributed by atoms with E-state index in [0.29, 0.717) is 37.4 Å². The average Bonchev–Trinajstić information content (AvgIpc) is 2.82. The lowest BCUT2D eigenvalue weighted by molar-refractivity contribution is -0.156. The van der Waals surface area contributed by atoms with E-state index in [1.807, 2.05) is 70.2 Å². The number of benzene rings is 2. The number of nitrogens with zero attached hydrogens (tertiary/aromatic N) is 1. The first-order valence-corrected chi connectivity index (χ1v) is 12.7. The van der Waals surface area contributed by atoms with Crippen molar-refractivity contribution in [2.45, 2.75) is 64.6 Å². The minimum atomic E-state index is -1.09. The summed E-state index contributed by atoms with van der Waals surface area (Å²) < 4.78 is 0. The molecule has 4 N–H and O–H groups in total. The van der Waals surface area contributed by atoms with Crippen molar-refractivity contribution in [3.8, 4) is 0 Å². The number of amides is 2. The van der Waals surface area contributed by atoms with E-state index in [-0.39, 0.29) is 17.7 Å². The van der Waals surface area contributed by atoms with Gasteiger partial charge in [0.25, 0.3) is 0 Å². The summed E-state index contributed by atoms with van der Waals surface area (Å²) in [6.45, 7) is 8.51. The van der Waals surface area contributed by atoms with Gasteiger partial charge in [-0.1, -0.05) is 81.8 Å². The highest BCUT2D eigenvalue weighted by atomic mass is 35.5. The molecule has 6 nitrogen and oxygen atoms in total. The standard InChI is InChI=1S/C28H38ClN3O3/c1-19(2)24(31-25(33)23(30)15-10-20-8-6-5-7-9-20)26(34)32-17-16-28(35,27(3,4)18-32)21-11-13-22(29)14-12-21/h5-9,11-14,19,23-24,35H,10,15-18,30H2,1-4H3,(H,31,33)/t23-,24+,28-/m0/s1. The number of hydrogen-bond acceptors (Lipinski definition) is 4. The molecule has 0 unspecified atom stereocenters. The smallest absolute Gasteiger partial charge is 0.245 e. The van der Waals surface area contributed by atoms with E-state index < -0.39 is 23.1 Å². The van der Waals surface area contributed by atoms with Crippen LogP contribution in [0, 0.1) is 11.3 Å². The Kier molecular flexibility index (Phi) is 8.63. The fourth-order valence-electron chi connectivity index (χ4n) is 4.84. The highest BCUT2D eigenvalue weighted by Crippen LogP contribution is 2.46. The van der Waals surface area contributed by atoms with Crippen LogP contribution >= 0.6 is 11.6 Å². The number of carbonyl (C=O) groups is 2. The van der Waals surface area contributed by atoms with Crippen LogP contribution in [0.5, 0.6) is 0 Å². The number of hydrogen-bond donors (Lipinski definition) is 3. The highest BCUT2D eigenvalue weighted by Gasteiger charge is 2.50. The molecule has 0 aliphatic carbocycles. The maximum absolute atomic E-state index is 13.5. The van der Waals surface area contributed by atoms with Crippen molar-refractivity contribution in [2.75, 3.05) is 13.1 Å². The summed E-state index contributed by atoms with van der Waals surface area (Å²) in [6.07, 6.45) is 1.59. The largest absolute Gasteiger partial charge is 0.384 e. The number of carbonyl (C=O) groups excluding carboxylic acids is 2. The van der Waals surface area contributed by atoms with Crippen LogP contribution in [0.4, 0.5) is 0 Å². The van der Waals surface area contributed by atoms with Crippen molar-refractivity contribution in [3.63, 3.8) is 0 Å². The fourth-order valence-corrected chi connectivity index (χ4v) is 4.97. The Morgan fingerprint density at radius 3 is 2.31 bits per heavy atom. The molecule has 0 spiro atoms. The Balaban J connectivity index is 1.65. The molecule has 1 aliphatic rings. The molecule has 0 saturated carbocycles. The number of nitrogens with one attached hydrogen (secondary N) is 1. The molecule has 2 aromatic rings. The molecule has 7 heteroatoms. The number of aliphatic hydroxyl groups is 1. The SMILES string of the molecule is CC(C)[C@@H](NC(=O)[C@@H](N)CCc1ccccc1)C(=O)N1CC[C@](O)(c2ccc(Cl)cc2)C(C)(C)C1. The molecule has 2 aromatic carbocycles. The predicted octanol–water partition coefficient (Wildman–Crippen LogP) is 3.89. The lowest BCUT2D eigenvalue weighted by atomic mass is 9.66. The van der Waals surface area contributed by atoms with Gasteiger partial charge in [-0.15, -0.1) is 0 Å². The molecule has 3 atom stereocenters. The van der Waals surface area contributed by atoms with E-state index in [9.17, 15) is 14.7 Å². The molecule has 35 heavy (non-hydrogen) atoms. The average molecular weight is 500 g/mol. The molecular formula is C28H38ClN3O3. The molecule has 0 aromatic heterocycles. The second-order valence-electron chi connectivity index (χ2n) is 10.6. The van der Waals surface area contributed by atoms with E-state index >= 15 is 0 Å². The summed E-state index contributed by atoms with van der Waals surface area (Å²) in [5.74, 6) is -0.565. The number of piperidine rings is 1. The predicted molar refractivity (Wildman–Crippen MR) is 140 cm³/mol. The van der Waals surface area contributed by atoms with Gasteiger partial charge in [-0.05, 0) is 48.4 Å². The summed E-state index contributed by atoms with van der Waals surface area (Å²) in [4.78, 5) is 28.1. The molecule has 3 rings (SSSR count). The molecule has 1 heterocycles. The zero-order chi connectivity index (χ0) is 25.8. The Morgan fingerprint density at radius 1 is 1.11 bits per heavy atom. The minimum Gasteiger partial charge on any atom is -0.384 e. The van der Waals surface area contributed by atoms with Gasteiger partial charge in [0.15, 0.2) is 0 Å². The topological polar surface area (TPSA) is 95.7 Å². The van der Waals surface area contributed by atoms with Gasteiger partial charge in [0.1, 0.15) is 6.04 Å². The lowest BCUT2D eigenvalue weighted by Gasteiger charge is -2.51. The van der Waals surface area contributed by atoms with Crippen LogP contribution in [0.1, 0.15) is 51.7 Å². The van der Waals surface area contributed by atoms with Crippen molar-refractivity contribution in [2.24, 2.45) is 17.1 Å². The third kappa shape index (κ3) is 6.24. The van der Waals surface area contributed by atoms with Crippen LogP contribution < -0.4 is 11.1 Å². The number of rotatable bonds is 8. The van der Waals surface area contributed by atoms with Crippen LogP contribution in [0.25, 0.3) is 0 Å². The number of nitrogens with two attached hydrogens (primary N) is 1. The van der Waals surface area contributed by atoms with Crippen LogP contribution in [-0.2, 0) is 21.6 Å². The van der Waals surface area contributed by atoms with Crippen molar-refractivity contribution in [3.05, 3.63) is 70.7 Å². The van der Waals surface area contributed by atoms with Gasteiger partial charge in [-0.3, -0.25) is 9.59 Å². The van der Waals surface area contributed by atoms with E-state index in [4.69, 9.17) is 17.3 Å². The Labute approximate surface area is 213 Å². The third-order valence-corrected chi connectivity index (χ3v) is 7.49. The quantitative estimate of drug-likeness (QED) is 0.513. The van der Waals surface area contributed by atoms with Gasteiger partial charge in [0.05, 0.1) is 11.6 Å². The van der Waals surface area contributed by atoms with Gasteiger partial charge in [0, 0.05) is 23.5 Å². The van der Waals surface area contributed by atoms with Crippen molar-refractivity contribution in [1.82, 2.24) is 10.2 Å². The maximum atomic E-state index is 13.5. The van der Waals surface area contributed by atoms with Gasteiger partial charge in [-0.2, -0.15) is 0 Å². The summed E-state index contributed by atoms with van der Waals surface area (Å²) in [6, 6.07) is 15.7. The highest BCUT2D eigenvalue weighted by molar-refractivity contribution is 6.30. The normalized spacial score (nSPS) is 21.4. The fraction of sp³-hybridized carbons (Fsp3) is 0.500. The Bertz CT molecular complexity index is 1010. The monoisotopic (exact) mass is 499 g/mol. The summed E-state index contributed by atoms with van der Waals surface area (Å²) >= 11 is 6.03. The molecule has 0 bridgehead atoms. The second kappa shape index (κ2) is 11.1. The van der Waals surface area contributed by atoms with Crippen LogP contribution in [0.15, 0.2) is 54.6 Å².